The van der Waals surface area contributed by atoms with Crippen LogP contribution < -0.4 is 5.32 Å². The minimum Gasteiger partial charge on any atom is -0.314 e. The van der Waals surface area contributed by atoms with Crippen LogP contribution in [0.2, 0.25) is 0 Å². The molecule has 0 fully saturated rings. The maximum absolute atomic E-state index is 3.48. The predicted octanol–water partition coefficient (Wildman–Crippen LogP) is 1.95. The van der Waals surface area contributed by atoms with Crippen molar-refractivity contribution >= 4 is 0 Å². The van der Waals surface area contributed by atoms with Crippen molar-refractivity contribution in [2.75, 3.05) is 6.54 Å². The smallest absolute Gasteiger partial charge is 0.00988 e. The molecule has 1 aliphatic heterocycles. The van der Waals surface area contributed by atoms with Crippen LogP contribution in [0.3, 0.4) is 0 Å². The van der Waals surface area contributed by atoms with Crippen LogP contribution in [0.1, 0.15) is 26.7 Å². The Morgan fingerprint density at radius 2 is 2.20 bits per heavy atom. The highest BCUT2D eigenvalue weighted by atomic mass is 14.9. The van der Waals surface area contributed by atoms with Gasteiger partial charge >= 0.3 is 0 Å². The molecule has 1 heterocycles. The first-order chi connectivity index (χ1) is 4.80. The fraction of sp³-hybridized carbons (Fsp3) is 0.778. The van der Waals surface area contributed by atoms with Crippen LogP contribution in [0.15, 0.2) is 12.2 Å². The molecule has 10 heavy (non-hydrogen) atoms. The molecule has 1 rings (SSSR count). The van der Waals surface area contributed by atoms with Gasteiger partial charge in [0.2, 0.25) is 0 Å². The van der Waals surface area contributed by atoms with Crippen molar-refractivity contribution in [2.45, 2.75) is 32.7 Å². The van der Waals surface area contributed by atoms with Gasteiger partial charge in [-0.25, -0.2) is 0 Å². The normalized spacial score (nSPS) is 38.2. The van der Waals surface area contributed by atoms with E-state index < -0.39 is 0 Å². The number of hydrogen-bond acceptors (Lipinski definition) is 1. The molecule has 0 aromatic carbocycles. The maximum atomic E-state index is 3.48. The first-order valence-corrected chi connectivity index (χ1v) is 4.21. The molecule has 0 saturated carbocycles. The van der Waals surface area contributed by atoms with E-state index in [0.717, 1.165) is 0 Å². The third-order valence-electron chi connectivity index (χ3n) is 2.24. The number of rotatable bonds is 0. The Morgan fingerprint density at radius 3 is 3.00 bits per heavy atom. The Kier molecular flexibility index (Phi) is 2.94. The van der Waals surface area contributed by atoms with Gasteiger partial charge in [0.05, 0.1) is 0 Å². The lowest BCUT2D eigenvalue weighted by atomic mass is 10.0. The summed E-state index contributed by atoms with van der Waals surface area (Å²) in [6, 6.07) is 0.650. The average molecular weight is 139 g/mol. The third-order valence-corrected chi connectivity index (χ3v) is 2.24. The highest BCUT2D eigenvalue weighted by Crippen LogP contribution is 2.08. The summed E-state index contributed by atoms with van der Waals surface area (Å²) in [5, 5.41) is 3.48. The fourth-order valence-electron chi connectivity index (χ4n) is 1.21. The third kappa shape index (κ3) is 2.14. The minimum atomic E-state index is 0.650. The van der Waals surface area contributed by atoms with Crippen LogP contribution >= 0.6 is 0 Å². The van der Waals surface area contributed by atoms with Crippen molar-refractivity contribution in [1.82, 2.24) is 5.32 Å². The summed E-state index contributed by atoms with van der Waals surface area (Å²) in [7, 11) is 0. The molecule has 0 bridgehead atoms. The standard InChI is InChI=1S/C9H17N/c1-8-6-4-3-5-7-10-9(8)2/h4,6,8-10H,3,5,7H2,1-2H3/b6-4-. The van der Waals surface area contributed by atoms with E-state index in [1.165, 1.54) is 19.4 Å². The van der Waals surface area contributed by atoms with Crippen LogP contribution in [-0.4, -0.2) is 12.6 Å². The second-order valence-corrected chi connectivity index (χ2v) is 3.17. The van der Waals surface area contributed by atoms with Crippen LogP contribution in [0.25, 0.3) is 0 Å². The van der Waals surface area contributed by atoms with Crippen molar-refractivity contribution < 1.29 is 0 Å². The Bertz CT molecular complexity index is 118. The monoisotopic (exact) mass is 139 g/mol. The Morgan fingerprint density at radius 1 is 1.40 bits per heavy atom. The van der Waals surface area contributed by atoms with Crippen LogP contribution in [-0.2, 0) is 0 Å². The topological polar surface area (TPSA) is 12.0 Å². The van der Waals surface area contributed by atoms with E-state index in [4.69, 9.17) is 0 Å². The van der Waals surface area contributed by atoms with Gasteiger partial charge < -0.3 is 5.32 Å². The van der Waals surface area contributed by atoms with Gasteiger partial charge in [0.25, 0.3) is 0 Å². The highest BCUT2D eigenvalue weighted by molar-refractivity contribution is 4.92. The summed E-state index contributed by atoms with van der Waals surface area (Å²) in [4.78, 5) is 0. The average Bonchev–Trinajstić information content (AvgIpc) is 1.92. The Hall–Kier alpha value is -0.300. The largest absolute Gasteiger partial charge is 0.314 e. The molecule has 2 atom stereocenters. The number of nitrogens with one attached hydrogen (secondary N) is 1. The van der Waals surface area contributed by atoms with Crippen LogP contribution in [0.4, 0.5) is 0 Å². The van der Waals surface area contributed by atoms with Crippen molar-refractivity contribution in [2.24, 2.45) is 5.92 Å². The summed E-state index contributed by atoms with van der Waals surface area (Å²) < 4.78 is 0. The molecule has 58 valence electrons. The molecule has 0 spiro atoms. The molecule has 1 N–H and O–H groups in total. The fourth-order valence-corrected chi connectivity index (χ4v) is 1.21. The van der Waals surface area contributed by atoms with E-state index in [1.807, 2.05) is 0 Å². The molecular formula is C9H17N. The van der Waals surface area contributed by atoms with Gasteiger partial charge in [-0.15, -0.1) is 0 Å². The van der Waals surface area contributed by atoms with Gasteiger partial charge in [0.15, 0.2) is 0 Å². The zero-order valence-electron chi connectivity index (χ0n) is 6.93. The van der Waals surface area contributed by atoms with E-state index in [2.05, 4.69) is 31.3 Å². The Labute approximate surface area is 63.5 Å². The molecule has 1 heteroatoms. The van der Waals surface area contributed by atoms with Gasteiger partial charge in [0.1, 0.15) is 0 Å². The van der Waals surface area contributed by atoms with Gasteiger partial charge in [-0.3, -0.25) is 0 Å². The SMILES string of the molecule is CC1/C=C\CCCNC1C. The van der Waals surface area contributed by atoms with E-state index in [1.54, 1.807) is 0 Å². The second kappa shape index (κ2) is 3.77. The van der Waals surface area contributed by atoms with E-state index in [-0.39, 0.29) is 0 Å². The first kappa shape index (κ1) is 7.80. The van der Waals surface area contributed by atoms with Crippen LogP contribution in [0, 0.1) is 5.92 Å². The van der Waals surface area contributed by atoms with Gasteiger partial charge in [-0.1, -0.05) is 19.1 Å². The lowest BCUT2D eigenvalue weighted by Gasteiger charge is -2.20. The lowest BCUT2D eigenvalue weighted by molar-refractivity contribution is 0.447. The van der Waals surface area contributed by atoms with Gasteiger partial charge in [0, 0.05) is 6.04 Å². The van der Waals surface area contributed by atoms with Crippen LogP contribution in [0.5, 0.6) is 0 Å². The zero-order chi connectivity index (χ0) is 7.40. The second-order valence-electron chi connectivity index (χ2n) is 3.17. The molecular weight excluding hydrogens is 122 g/mol. The van der Waals surface area contributed by atoms with Gasteiger partial charge in [-0.2, -0.15) is 0 Å². The molecule has 1 aliphatic rings. The van der Waals surface area contributed by atoms with E-state index >= 15 is 0 Å². The quantitative estimate of drug-likeness (QED) is 0.506. The van der Waals surface area contributed by atoms with Crippen molar-refractivity contribution in [3.8, 4) is 0 Å². The first-order valence-electron chi connectivity index (χ1n) is 4.21. The van der Waals surface area contributed by atoms with Crippen molar-refractivity contribution in [1.29, 1.82) is 0 Å². The summed E-state index contributed by atoms with van der Waals surface area (Å²) in [5.74, 6) is 0.695. The number of allylic oxidation sites excluding steroid dienone is 1. The van der Waals surface area contributed by atoms with E-state index in [0.29, 0.717) is 12.0 Å². The molecule has 0 aromatic heterocycles. The molecule has 2 unspecified atom stereocenters. The summed E-state index contributed by atoms with van der Waals surface area (Å²) >= 11 is 0. The molecule has 0 saturated heterocycles. The van der Waals surface area contributed by atoms with Crippen molar-refractivity contribution in [3.63, 3.8) is 0 Å². The summed E-state index contributed by atoms with van der Waals surface area (Å²) in [6.45, 7) is 5.69. The molecule has 0 radical (unpaired) electrons. The summed E-state index contributed by atoms with van der Waals surface area (Å²) in [6.07, 6.45) is 7.15. The minimum absolute atomic E-state index is 0.650. The zero-order valence-corrected chi connectivity index (χ0v) is 6.93. The molecule has 1 nitrogen and oxygen atoms in total. The molecule has 0 amide bonds. The Balaban J connectivity index is 2.44. The lowest BCUT2D eigenvalue weighted by Crippen LogP contribution is -2.32. The molecule has 0 aliphatic carbocycles. The summed E-state index contributed by atoms with van der Waals surface area (Å²) in [5.41, 5.74) is 0. The number of hydrogen-bond donors (Lipinski definition) is 1. The van der Waals surface area contributed by atoms with Gasteiger partial charge in [-0.05, 0) is 32.2 Å². The highest BCUT2D eigenvalue weighted by Gasteiger charge is 2.08. The van der Waals surface area contributed by atoms with Crippen molar-refractivity contribution in [3.05, 3.63) is 12.2 Å². The molecule has 0 aromatic rings. The predicted molar refractivity (Wildman–Crippen MR) is 45.0 cm³/mol. The van der Waals surface area contributed by atoms with E-state index in [9.17, 15) is 0 Å². The maximum Gasteiger partial charge on any atom is 0.00988 e.